The fraction of sp³-hybridized carbons (Fsp3) is 0.190. The van der Waals surface area contributed by atoms with E-state index >= 15 is 0 Å². The Labute approximate surface area is 157 Å². The van der Waals surface area contributed by atoms with Crippen molar-refractivity contribution in [3.63, 3.8) is 0 Å². The number of phenolic OH excluding ortho intramolecular Hbond substituents is 1. The van der Waals surface area contributed by atoms with E-state index in [-0.39, 0.29) is 5.75 Å². The molecule has 0 radical (unpaired) electrons. The lowest BCUT2D eigenvalue weighted by molar-refractivity contribution is 0.217. The molecule has 0 fully saturated rings. The van der Waals surface area contributed by atoms with Crippen LogP contribution in [0, 0.1) is 0 Å². The first-order valence-electron chi connectivity index (χ1n) is 8.56. The largest absolute Gasteiger partial charge is 0.504 e. The van der Waals surface area contributed by atoms with E-state index in [1.807, 2.05) is 30.3 Å². The second-order valence-electron chi connectivity index (χ2n) is 6.39. The van der Waals surface area contributed by atoms with Crippen LogP contribution in [-0.4, -0.2) is 28.1 Å². The van der Waals surface area contributed by atoms with Gasteiger partial charge in [-0.05, 0) is 29.8 Å². The molecule has 4 nitrogen and oxygen atoms in total. The molecule has 26 heavy (non-hydrogen) atoms. The number of halogens is 1. The first-order chi connectivity index (χ1) is 12.7. The fourth-order valence-corrected chi connectivity index (χ4v) is 3.34. The lowest BCUT2D eigenvalue weighted by Gasteiger charge is -2.19. The summed E-state index contributed by atoms with van der Waals surface area (Å²) in [5.41, 5.74) is 3.84. The quantitative estimate of drug-likeness (QED) is 0.741. The molecule has 132 valence electrons. The third kappa shape index (κ3) is 3.66. The van der Waals surface area contributed by atoms with Crippen LogP contribution in [0.25, 0.3) is 11.3 Å². The Bertz CT molecular complexity index is 898. The Morgan fingerprint density at radius 3 is 2.73 bits per heavy atom. The second-order valence-corrected chi connectivity index (χ2v) is 6.83. The third-order valence-corrected chi connectivity index (χ3v) is 4.69. The number of nitrogens with zero attached hydrogens (tertiary/aromatic N) is 2. The van der Waals surface area contributed by atoms with Crippen LogP contribution in [-0.2, 0) is 13.1 Å². The smallest absolute Gasteiger partial charge is 0.165 e. The van der Waals surface area contributed by atoms with Gasteiger partial charge in [0.25, 0.3) is 0 Å². The van der Waals surface area contributed by atoms with Crippen molar-refractivity contribution in [2.45, 2.75) is 13.1 Å². The molecule has 0 saturated heterocycles. The summed E-state index contributed by atoms with van der Waals surface area (Å²) in [6.45, 7) is 2.90. The number of hydrogen-bond donors (Lipinski definition) is 1. The van der Waals surface area contributed by atoms with Crippen LogP contribution >= 0.6 is 11.6 Å². The van der Waals surface area contributed by atoms with Crippen molar-refractivity contribution < 1.29 is 9.84 Å². The van der Waals surface area contributed by atoms with E-state index in [4.69, 9.17) is 16.3 Å². The molecule has 2 heterocycles. The lowest BCUT2D eigenvalue weighted by Crippen LogP contribution is -2.25. The number of aromatic nitrogens is 1. The molecule has 0 spiro atoms. The monoisotopic (exact) mass is 366 g/mol. The molecule has 1 aliphatic heterocycles. The minimum absolute atomic E-state index is 0.149. The van der Waals surface area contributed by atoms with Gasteiger partial charge in [-0.3, -0.25) is 9.88 Å². The zero-order valence-electron chi connectivity index (χ0n) is 14.2. The topological polar surface area (TPSA) is 45.6 Å². The Morgan fingerprint density at radius 1 is 1.12 bits per heavy atom. The molecule has 0 aliphatic carbocycles. The highest BCUT2D eigenvalue weighted by Crippen LogP contribution is 2.37. The van der Waals surface area contributed by atoms with Crippen LogP contribution in [0.15, 0.2) is 60.8 Å². The maximum absolute atomic E-state index is 10.5. The van der Waals surface area contributed by atoms with Gasteiger partial charge in [-0.15, -0.1) is 0 Å². The first-order valence-corrected chi connectivity index (χ1v) is 8.94. The molecule has 2 aromatic carbocycles. The van der Waals surface area contributed by atoms with Gasteiger partial charge in [-0.1, -0.05) is 41.9 Å². The first kappa shape index (κ1) is 16.9. The zero-order chi connectivity index (χ0) is 17.9. The highest BCUT2D eigenvalue weighted by molar-refractivity contribution is 6.30. The van der Waals surface area contributed by atoms with Crippen molar-refractivity contribution in [1.29, 1.82) is 0 Å². The zero-order valence-corrected chi connectivity index (χ0v) is 15.0. The van der Waals surface area contributed by atoms with E-state index < -0.39 is 0 Å². The summed E-state index contributed by atoms with van der Waals surface area (Å²) in [7, 11) is 0. The van der Waals surface area contributed by atoms with Gasteiger partial charge in [0.1, 0.15) is 6.61 Å². The number of phenols is 1. The van der Waals surface area contributed by atoms with Gasteiger partial charge >= 0.3 is 0 Å². The molecule has 3 aromatic rings. The van der Waals surface area contributed by atoms with Gasteiger partial charge < -0.3 is 9.84 Å². The van der Waals surface area contributed by atoms with Gasteiger partial charge in [0.15, 0.2) is 11.5 Å². The molecule has 0 amide bonds. The Morgan fingerprint density at radius 2 is 1.96 bits per heavy atom. The van der Waals surface area contributed by atoms with Crippen LogP contribution in [0.2, 0.25) is 5.02 Å². The standard InChI is InChI=1S/C21H19ClN2O2/c22-18-6-7-19(23-12-18)16-10-17-14-24(13-15-4-2-1-3-5-15)8-9-26-21(17)20(25)11-16/h1-7,10-12,25H,8-9,13-14H2. The molecule has 0 unspecified atom stereocenters. The Hall–Kier alpha value is -2.56. The summed E-state index contributed by atoms with van der Waals surface area (Å²) in [5, 5.41) is 11.0. The minimum atomic E-state index is 0.149. The molecule has 1 N–H and O–H groups in total. The minimum Gasteiger partial charge on any atom is -0.504 e. The molecular weight excluding hydrogens is 348 g/mol. The molecule has 0 atom stereocenters. The number of hydrogen-bond acceptors (Lipinski definition) is 4. The van der Waals surface area contributed by atoms with Gasteiger partial charge in [0.2, 0.25) is 0 Å². The molecular formula is C21H19ClN2O2. The predicted octanol–water partition coefficient (Wildman–Crippen LogP) is 4.50. The van der Waals surface area contributed by atoms with Gasteiger partial charge in [-0.25, -0.2) is 0 Å². The van der Waals surface area contributed by atoms with Crippen molar-refractivity contribution in [1.82, 2.24) is 9.88 Å². The van der Waals surface area contributed by atoms with Crippen molar-refractivity contribution in [2.24, 2.45) is 0 Å². The van der Waals surface area contributed by atoms with Crippen molar-refractivity contribution in [2.75, 3.05) is 13.2 Å². The number of pyridine rings is 1. The van der Waals surface area contributed by atoms with E-state index in [9.17, 15) is 5.11 Å². The van der Waals surface area contributed by atoms with E-state index in [0.717, 1.165) is 29.9 Å². The Balaban J connectivity index is 1.64. The lowest BCUT2D eigenvalue weighted by atomic mass is 10.0. The summed E-state index contributed by atoms with van der Waals surface area (Å²) >= 11 is 5.92. The summed E-state index contributed by atoms with van der Waals surface area (Å²) < 4.78 is 5.82. The van der Waals surface area contributed by atoms with Crippen LogP contribution in [0.4, 0.5) is 0 Å². The van der Waals surface area contributed by atoms with E-state index in [1.54, 1.807) is 18.3 Å². The molecule has 4 rings (SSSR count). The average molecular weight is 367 g/mol. The van der Waals surface area contributed by atoms with Gasteiger partial charge in [0, 0.05) is 37.0 Å². The van der Waals surface area contributed by atoms with E-state index in [0.29, 0.717) is 23.9 Å². The molecule has 5 heteroatoms. The fourth-order valence-electron chi connectivity index (χ4n) is 3.22. The van der Waals surface area contributed by atoms with Crippen molar-refractivity contribution >= 4 is 11.6 Å². The molecule has 1 aliphatic rings. The van der Waals surface area contributed by atoms with E-state index in [1.165, 1.54) is 5.56 Å². The number of benzene rings is 2. The average Bonchev–Trinajstić information content (AvgIpc) is 2.85. The maximum atomic E-state index is 10.5. The second kappa shape index (κ2) is 7.36. The van der Waals surface area contributed by atoms with E-state index in [2.05, 4.69) is 22.0 Å². The number of fused-ring (bicyclic) bond motifs is 1. The molecule has 0 bridgehead atoms. The van der Waals surface area contributed by atoms with Gasteiger partial charge in [-0.2, -0.15) is 0 Å². The Kier molecular flexibility index (Phi) is 4.78. The molecule has 1 aromatic heterocycles. The molecule has 0 saturated carbocycles. The number of ether oxygens (including phenoxy) is 1. The van der Waals surface area contributed by atoms with Crippen LogP contribution in [0.3, 0.4) is 0 Å². The SMILES string of the molecule is Oc1cc(-c2ccc(Cl)cn2)cc2c1OCCN(Cc1ccccc1)C2. The highest BCUT2D eigenvalue weighted by Gasteiger charge is 2.20. The van der Waals surface area contributed by atoms with Crippen LogP contribution < -0.4 is 4.74 Å². The predicted molar refractivity (Wildman–Crippen MR) is 102 cm³/mol. The summed E-state index contributed by atoms with van der Waals surface area (Å²) in [6, 6.07) is 17.7. The maximum Gasteiger partial charge on any atom is 0.165 e. The highest BCUT2D eigenvalue weighted by atomic mass is 35.5. The third-order valence-electron chi connectivity index (χ3n) is 4.47. The van der Waals surface area contributed by atoms with Crippen LogP contribution in [0.5, 0.6) is 11.5 Å². The van der Waals surface area contributed by atoms with Gasteiger partial charge in [0.05, 0.1) is 10.7 Å². The summed E-state index contributed by atoms with van der Waals surface area (Å²) in [5.74, 6) is 0.717. The number of rotatable bonds is 3. The van der Waals surface area contributed by atoms with Crippen LogP contribution in [0.1, 0.15) is 11.1 Å². The van der Waals surface area contributed by atoms with Crippen molar-refractivity contribution in [3.05, 3.63) is 76.9 Å². The summed E-state index contributed by atoms with van der Waals surface area (Å²) in [4.78, 5) is 6.67. The number of aromatic hydroxyl groups is 1. The van der Waals surface area contributed by atoms with Crippen molar-refractivity contribution in [3.8, 4) is 22.8 Å². The summed E-state index contributed by atoms with van der Waals surface area (Å²) in [6.07, 6.45) is 1.61. The normalized spacial score (nSPS) is 14.3.